The van der Waals surface area contributed by atoms with E-state index >= 15 is 0 Å². The van der Waals surface area contributed by atoms with E-state index in [0.29, 0.717) is 11.3 Å². The second kappa shape index (κ2) is 4.78. The summed E-state index contributed by atoms with van der Waals surface area (Å²) in [5.74, 6) is 0. The average Bonchev–Trinajstić information content (AvgIpc) is 2.56. The first-order valence-electron chi connectivity index (χ1n) is 6.22. The zero-order valence-electron chi connectivity index (χ0n) is 11.3. The molecule has 2 aromatic rings. The third-order valence-corrected chi connectivity index (χ3v) is 6.19. The maximum absolute atomic E-state index is 4.85. The summed E-state index contributed by atoms with van der Waals surface area (Å²) < 4.78 is 2.28. The first-order chi connectivity index (χ1) is 8.02. The van der Waals surface area contributed by atoms with Crippen molar-refractivity contribution in [2.75, 3.05) is 0 Å². The van der Waals surface area contributed by atoms with Crippen LogP contribution in [-0.2, 0) is 7.05 Å². The zero-order valence-corrected chi connectivity index (χ0v) is 12.2. The number of aromatic nitrogens is 2. The molecule has 0 N–H and O–H groups in total. The number of para-hydroxylation sites is 2. The van der Waals surface area contributed by atoms with Gasteiger partial charge in [0.05, 0.1) is 11.0 Å². The van der Waals surface area contributed by atoms with E-state index in [1.807, 2.05) is 0 Å². The first-order valence-corrected chi connectivity index (χ1v) is 7.70. The molecule has 0 saturated carbocycles. The number of hydrogen-bond donors (Lipinski definition) is 0. The van der Waals surface area contributed by atoms with Crippen LogP contribution in [0.3, 0.4) is 0 Å². The van der Waals surface area contributed by atoms with Crippen LogP contribution < -0.4 is 5.57 Å². The molecule has 92 valence electrons. The molecular weight excluding hydrogens is 227 g/mol. The summed E-state index contributed by atoms with van der Waals surface area (Å²) in [6.45, 7) is 9.24. The second-order valence-corrected chi connectivity index (χ2v) is 8.33. The molecule has 2 nitrogen and oxygen atoms in total. The van der Waals surface area contributed by atoms with E-state index in [1.54, 1.807) is 0 Å². The van der Waals surface area contributed by atoms with Gasteiger partial charge >= 0.3 is 0 Å². The zero-order chi connectivity index (χ0) is 12.6. The molecule has 2 rings (SSSR count). The Morgan fingerprint density at radius 2 is 1.65 bits per heavy atom. The Morgan fingerprint density at radius 3 is 2.18 bits per heavy atom. The monoisotopic (exact) mass is 248 g/mol. The maximum Gasteiger partial charge on any atom is 0.132 e. The number of fused-ring (bicyclic) bond motifs is 1. The lowest BCUT2D eigenvalue weighted by atomic mass is 10.3. The Labute approximate surface area is 105 Å². The highest BCUT2D eigenvalue weighted by Crippen LogP contribution is 2.44. The maximum atomic E-state index is 4.85. The fourth-order valence-electron chi connectivity index (χ4n) is 2.42. The van der Waals surface area contributed by atoms with Crippen molar-refractivity contribution in [2.24, 2.45) is 7.05 Å². The summed E-state index contributed by atoms with van der Waals surface area (Å²) in [4.78, 5) is 4.85. The lowest BCUT2D eigenvalue weighted by Crippen LogP contribution is -2.22. The van der Waals surface area contributed by atoms with E-state index in [-0.39, 0.29) is 7.92 Å². The predicted octanol–water partition coefficient (Wildman–Crippen LogP) is 3.50. The van der Waals surface area contributed by atoms with Gasteiger partial charge in [0.1, 0.15) is 5.57 Å². The van der Waals surface area contributed by atoms with Gasteiger partial charge in [0, 0.05) is 7.05 Å². The smallest absolute Gasteiger partial charge is 0.132 e. The van der Waals surface area contributed by atoms with Gasteiger partial charge in [0.2, 0.25) is 0 Å². The van der Waals surface area contributed by atoms with Gasteiger partial charge in [0.15, 0.2) is 0 Å². The van der Waals surface area contributed by atoms with Gasteiger partial charge in [-0.3, -0.25) is 0 Å². The predicted molar refractivity (Wildman–Crippen MR) is 77.5 cm³/mol. The Bertz CT molecular complexity index is 506. The SMILES string of the molecule is CC(C)P(c1nc2ccccc2n1C)C(C)C. The van der Waals surface area contributed by atoms with Crippen molar-refractivity contribution in [3.8, 4) is 0 Å². The standard InChI is InChI=1S/C14H21N2P/c1-10(2)17(11(3)4)14-15-12-8-6-7-9-13(12)16(14)5/h6-11H,1-5H3. The number of nitrogens with zero attached hydrogens (tertiary/aromatic N) is 2. The molecule has 3 heteroatoms. The summed E-state index contributed by atoms with van der Waals surface area (Å²) in [6.07, 6.45) is 0. The van der Waals surface area contributed by atoms with Gasteiger partial charge in [-0.05, 0) is 31.4 Å². The number of hydrogen-bond acceptors (Lipinski definition) is 1. The van der Waals surface area contributed by atoms with Gasteiger partial charge < -0.3 is 4.57 Å². The lowest BCUT2D eigenvalue weighted by molar-refractivity contribution is 0.960. The fourth-order valence-corrected chi connectivity index (χ4v) is 5.22. The molecule has 0 radical (unpaired) electrons. The van der Waals surface area contributed by atoms with Crippen molar-refractivity contribution >= 4 is 24.5 Å². The van der Waals surface area contributed by atoms with Crippen LogP contribution in [-0.4, -0.2) is 20.9 Å². The Balaban J connectivity index is 2.57. The minimum atomic E-state index is -0.190. The molecule has 0 spiro atoms. The molecule has 0 unspecified atom stereocenters. The molecule has 0 atom stereocenters. The molecule has 0 bridgehead atoms. The third-order valence-electron chi connectivity index (χ3n) is 3.11. The van der Waals surface area contributed by atoms with Gasteiger partial charge in [-0.2, -0.15) is 0 Å². The molecule has 0 saturated heterocycles. The number of imidazole rings is 1. The fraction of sp³-hybridized carbons (Fsp3) is 0.500. The van der Waals surface area contributed by atoms with E-state index in [9.17, 15) is 0 Å². The van der Waals surface area contributed by atoms with Gasteiger partial charge in [-0.15, -0.1) is 0 Å². The third kappa shape index (κ3) is 2.24. The first kappa shape index (κ1) is 12.6. The normalized spacial score (nSPS) is 12.2. The molecule has 0 aliphatic carbocycles. The molecule has 0 amide bonds. The number of rotatable bonds is 3. The van der Waals surface area contributed by atoms with Crippen LogP contribution in [0.2, 0.25) is 0 Å². The van der Waals surface area contributed by atoms with Gasteiger partial charge in [-0.1, -0.05) is 39.8 Å². The van der Waals surface area contributed by atoms with E-state index in [1.165, 1.54) is 11.1 Å². The highest BCUT2D eigenvalue weighted by atomic mass is 31.1. The topological polar surface area (TPSA) is 17.8 Å². The highest BCUT2D eigenvalue weighted by Gasteiger charge is 2.24. The van der Waals surface area contributed by atoms with Crippen molar-refractivity contribution < 1.29 is 0 Å². The average molecular weight is 248 g/mol. The van der Waals surface area contributed by atoms with Crippen molar-refractivity contribution in [3.05, 3.63) is 24.3 Å². The van der Waals surface area contributed by atoms with Crippen LogP contribution in [0.1, 0.15) is 27.7 Å². The van der Waals surface area contributed by atoms with Crippen molar-refractivity contribution in [3.63, 3.8) is 0 Å². The number of benzene rings is 1. The quantitative estimate of drug-likeness (QED) is 0.760. The Morgan fingerprint density at radius 1 is 1.06 bits per heavy atom. The largest absolute Gasteiger partial charge is 0.327 e. The Hall–Kier alpha value is -0.880. The minimum Gasteiger partial charge on any atom is -0.327 e. The molecule has 1 aromatic carbocycles. The van der Waals surface area contributed by atoms with Gasteiger partial charge in [0.25, 0.3) is 0 Å². The van der Waals surface area contributed by atoms with Crippen LogP contribution in [0.4, 0.5) is 0 Å². The Kier molecular flexibility index (Phi) is 3.53. The summed E-state index contributed by atoms with van der Waals surface area (Å²) in [5.41, 5.74) is 5.02. The summed E-state index contributed by atoms with van der Waals surface area (Å²) in [5, 5.41) is 0. The van der Waals surface area contributed by atoms with Crippen LogP contribution in [0.15, 0.2) is 24.3 Å². The minimum absolute atomic E-state index is 0.190. The molecule has 1 aromatic heterocycles. The van der Waals surface area contributed by atoms with Crippen molar-refractivity contribution in [1.29, 1.82) is 0 Å². The second-order valence-electron chi connectivity index (χ2n) is 5.05. The van der Waals surface area contributed by atoms with E-state index < -0.39 is 0 Å². The molecule has 0 aliphatic rings. The summed E-state index contributed by atoms with van der Waals surface area (Å²) >= 11 is 0. The molecule has 0 aliphatic heterocycles. The lowest BCUT2D eigenvalue weighted by Gasteiger charge is -2.24. The number of aryl methyl sites for hydroxylation is 1. The summed E-state index contributed by atoms with van der Waals surface area (Å²) in [7, 11) is 1.95. The molecule has 17 heavy (non-hydrogen) atoms. The van der Waals surface area contributed by atoms with Crippen molar-refractivity contribution in [2.45, 2.75) is 39.0 Å². The highest BCUT2D eigenvalue weighted by molar-refractivity contribution is 7.66. The molecule has 1 heterocycles. The molecular formula is C14H21N2P. The van der Waals surface area contributed by atoms with Gasteiger partial charge in [-0.25, -0.2) is 4.98 Å². The van der Waals surface area contributed by atoms with Crippen LogP contribution >= 0.6 is 7.92 Å². The van der Waals surface area contributed by atoms with E-state index in [4.69, 9.17) is 4.98 Å². The van der Waals surface area contributed by atoms with Crippen LogP contribution in [0.25, 0.3) is 11.0 Å². The van der Waals surface area contributed by atoms with Crippen LogP contribution in [0, 0.1) is 0 Å². The van der Waals surface area contributed by atoms with E-state index in [2.05, 4.69) is 63.6 Å². The van der Waals surface area contributed by atoms with Crippen molar-refractivity contribution in [1.82, 2.24) is 9.55 Å². The molecule has 0 fully saturated rings. The van der Waals surface area contributed by atoms with Crippen LogP contribution in [0.5, 0.6) is 0 Å². The summed E-state index contributed by atoms with van der Waals surface area (Å²) in [6, 6.07) is 8.40. The van der Waals surface area contributed by atoms with E-state index in [0.717, 1.165) is 5.52 Å².